The number of nitrogens with zero attached hydrogens (tertiary/aromatic N) is 3. The molecule has 2 aromatic heterocycles. The molecule has 2 amide bonds. The number of aliphatic hydroxyl groups excluding tert-OH is 1. The molecule has 35 heavy (non-hydrogen) atoms. The lowest BCUT2D eigenvalue weighted by atomic mass is 9.98. The number of amides is 2. The van der Waals surface area contributed by atoms with Crippen LogP contribution in [0.4, 0.5) is 4.39 Å². The van der Waals surface area contributed by atoms with Crippen molar-refractivity contribution in [1.82, 2.24) is 20.2 Å². The van der Waals surface area contributed by atoms with Gasteiger partial charge in [0.2, 0.25) is 5.91 Å². The number of benzene rings is 1. The molecule has 0 bridgehead atoms. The number of rotatable bonds is 6. The van der Waals surface area contributed by atoms with E-state index in [1.165, 1.54) is 12.1 Å². The van der Waals surface area contributed by atoms with E-state index in [4.69, 9.17) is 11.6 Å². The van der Waals surface area contributed by atoms with E-state index in [0.29, 0.717) is 41.2 Å². The second-order valence-electron chi connectivity index (χ2n) is 8.84. The summed E-state index contributed by atoms with van der Waals surface area (Å²) in [5.74, 6) is -0.729. The number of hydrogen-bond donors (Lipinski definition) is 2. The fraction of sp³-hybridized carbons (Fsp3) is 0.308. The fourth-order valence-corrected chi connectivity index (χ4v) is 5.07. The van der Waals surface area contributed by atoms with E-state index < -0.39 is 5.82 Å². The number of likely N-dealkylation sites (tertiary alicyclic amines) is 1. The lowest BCUT2D eigenvalue weighted by Gasteiger charge is -2.23. The maximum Gasteiger partial charge on any atom is 0.253 e. The highest BCUT2D eigenvalue weighted by molar-refractivity contribution is 6.33. The van der Waals surface area contributed by atoms with Crippen LogP contribution in [0.15, 0.2) is 42.6 Å². The Morgan fingerprint density at radius 2 is 2.11 bits per heavy atom. The first-order valence-corrected chi connectivity index (χ1v) is 11.9. The first-order chi connectivity index (χ1) is 16.9. The molecular formula is C26H24ClFN4O3. The predicted molar refractivity (Wildman–Crippen MR) is 128 cm³/mol. The molecule has 3 aromatic rings. The van der Waals surface area contributed by atoms with E-state index >= 15 is 0 Å². The number of nitrogens with one attached hydrogen (secondary N) is 1. The van der Waals surface area contributed by atoms with Gasteiger partial charge in [-0.3, -0.25) is 14.6 Å². The minimum Gasteiger partial charge on any atom is -0.394 e. The Labute approximate surface area is 207 Å². The summed E-state index contributed by atoms with van der Waals surface area (Å²) in [5, 5.41) is 12.5. The van der Waals surface area contributed by atoms with Gasteiger partial charge in [-0.1, -0.05) is 23.7 Å². The lowest BCUT2D eigenvalue weighted by molar-refractivity contribution is -0.132. The van der Waals surface area contributed by atoms with Crippen LogP contribution in [0.1, 0.15) is 45.7 Å². The van der Waals surface area contributed by atoms with Crippen LogP contribution in [0.2, 0.25) is 5.02 Å². The van der Waals surface area contributed by atoms with Crippen LogP contribution in [-0.4, -0.2) is 51.0 Å². The maximum absolute atomic E-state index is 14.6. The van der Waals surface area contributed by atoms with Gasteiger partial charge in [0.15, 0.2) is 0 Å². The summed E-state index contributed by atoms with van der Waals surface area (Å²) >= 11 is 6.26. The Morgan fingerprint density at radius 3 is 2.86 bits per heavy atom. The third kappa shape index (κ3) is 4.63. The Morgan fingerprint density at radius 1 is 1.26 bits per heavy atom. The van der Waals surface area contributed by atoms with Crippen molar-refractivity contribution < 1.29 is 19.1 Å². The first-order valence-electron chi connectivity index (χ1n) is 11.5. The van der Waals surface area contributed by atoms with Crippen molar-refractivity contribution in [2.75, 3.05) is 13.2 Å². The van der Waals surface area contributed by atoms with Crippen LogP contribution >= 0.6 is 11.6 Å². The highest BCUT2D eigenvalue weighted by Gasteiger charge is 2.28. The van der Waals surface area contributed by atoms with Crippen molar-refractivity contribution in [3.8, 4) is 11.3 Å². The molecule has 1 aromatic carbocycles. The van der Waals surface area contributed by atoms with E-state index in [1.54, 1.807) is 23.2 Å². The number of pyridine rings is 2. The number of carbonyl (C=O) groups is 2. The fourth-order valence-electron chi connectivity index (χ4n) is 4.81. The molecule has 7 nitrogen and oxygen atoms in total. The highest BCUT2D eigenvalue weighted by atomic mass is 35.5. The highest BCUT2D eigenvalue weighted by Crippen LogP contribution is 2.33. The van der Waals surface area contributed by atoms with Gasteiger partial charge in [0.05, 0.1) is 53.2 Å². The third-order valence-electron chi connectivity index (χ3n) is 6.56. The maximum atomic E-state index is 14.6. The molecule has 4 heterocycles. The van der Waals surface area contributed by atoms with Crippen molar-refractivity contribution in [1.29, 1.82) is 0 Å². The van der Waals surface area contributed by atoms with E-state index in [9.17, 15) is 19.1 Å². The number of aromatic nitrogens is 2. The van der Waals surface area contributed by atoms with Crippen LogP contribution < -0.4 is 5.32 Å². The molecular weight excluding hydrogens is 471 g/mol. The Kier molecular flexibility index (Phi) is 6.49. The summed E-state index contributed by atoms with van der Waals surface area (Å²) in [5.41, 5.74) is 3.75. The van der Waals surface area contributed by atoms with Crippen molar-refractivity contribution in [2.45, 2.75) is 38.3 Å². The molecule has 5 rings (SSSR count). The number of hydrogen-bond acceptors (Lipinski definition) is 5. The van der Waals surface area contributed by atoms with Crippen LogP contribution in [0.3, 0.4) is 0 Å². The monoisotopic (exact) mass is 494 g/mol. The summed E-state index contributed by atoms with van der Waals surface area (Å²) in [7, 11) is 0. The van der Waals surface area contributed by atoms with E-state index in [-0.39, 0.29) is 48.0 Å². The van der Waals surface area contributed by atoms with Crippen LogP contribution in [0.5, 0.6) is 0 Å². The molecule has 180 valence electrons. The summed E-state index contributed by atoms with van der Waals surface area (Å²) in [6.07, 6.45) is 3.94. The van der Waals surface area contributed by atoms with Gasteiger partial charge in [0.25, 0.3) is 5.91 Å². The zero-order chi connectivity index (χ0) is 24.5. The SMILES string of the molecule is O=C1NCc2nc(-c3c(F)cccc3Cl)cc(Cc3ccc(CC(=O)N4CCC[C@H]4CO)cn3)c21. The zero-order valence-electron chi connectivity index (χ0n) is 18.9. The van der Waals surface area contributed by atoms with Crippen molar-refractivity contribution in [2.24, 2.45) is 0 Å². The topological polar surface area (TPSA) is 95.4 Å². The van der Waals surface area contributed by atoms with E-state index in [0.717, 1.165) is 18.4 Å². The Hall–Kier alpha value is -3.36. The van der Waals surface area contributed by atoms with Crippen LogP contribution in [-0.2, 0) is 24.2 Å². The Bertz CT molecular complexity index is 1280. The van der Waals surface area contributed by atoms with Gasteiger partial charge in [-0.2, -0.15) is 0 Å². The number of carbonyl (C=O) groups excluding carboxylic acids is 2. The second kappa shape index (κ2) is 9.71. The number of fused-ring (bicyclic) bond motifs is 1. The van der Waals surface area contributed by atoms with Gasteiger partial charge in [-0.15, -0.1) is 0 Å². The number of halogens is 2. The summed E-state index contributed by atoms with van der Waals surface area (Å²) in [6.45, 7) is 0.910. The Balaban J connectivity index is 1.39. The normalized spacial score (nSPS) is 16.9. The average molecular weight is 495 g/mol. The molecule has 0 unspecified atom stereocenters. The summed E-state index contributed by atoms with van der Waals surface area (Å²) < 4.78 is 14.6. The van der Waals surface area contributed by atoms with Crippen molar-refractivity contribution >= 4 is 23.4 Å². The smallest absolute Gasteiger partial charge is 0.253 e. The molecule has 2 aliphatic heterocycles. The second-order valence-corrected chi connectivity index (χ2v) is 9.25. The zero-order valence-corrected chi connectivity index (χ0v) is 19.7. The lowest BCUT2D eigenvalue weighted by Crippen LogP contribution is -2.38. The molecule has 9 heteroatoms. The van der Waals surface area contributed by atoms with Gasteiger partial charge < -0.3 is 15.3 Å². The van der Waals surface area contributed by atoms with Gasteiger partial charge in [0.1, 0.15) is 5.82 Å². The predicted octanol–water partition coefficient (Wildman–Crippen LogP) is 3.30. The molecule has 2 N–H and O–H groups in total. The third-order valence-corrected chi connectivity index (χ3v) is 6.87. The van der Waals surface area contributed by atoms with Gasteiger partial charge in [-0.05, 0) is 48.2 Å². The molecule has 2 aliphatic rings. The molecule has 1 fully saturated rings. The first kappa shape index (κ1) is 23.4. The summed E-state index contributed by atoms with van der Waals surface area (Å²) in [6, 6.07) is 9.72. The largest absolute Gasteiger partial charge is 0.394 e. The van der Waals surface area contributed by atoms with E-state index in [1.807, 2.05) is 12.1 Å². The van der Waals surface area contributed by atoms with Crippen LogP contribution in [0, 0.1) is 5.82 Å². The quantitative estimate of drug-likeness (QED) is 0.548. The van der Waals surface area contributed by atoms with E-state index in [2.05, 4.69) is 15.3 Å². The minimum atomic E-state index is -0.484. The van der Waals surface area contributed by atoms with Crippen LogP contribution in [0.25, 0.3) is 11.3 Å². The average Bonchev–Trinajstić information content (AvgIpc) is 3.47. The molecule has 0 radical (unpaired) electrons. The molecule has 0 spiro atoms. The molecule has 1 saturated heterocycles. The molecule has 0 aliphatic carbocycles. The van der Waals surface area contributed by atoms with Gasteiger partial charge >= 0.3 is 0 Å². The van der Waals surface area contributed by atoms with Crippen molar-refractivity contribution in [3.63, 3.8) is 0 Å². The molecule has 1 atom stereocenters. The minimum absolute atomic E-state index is 0.0210. The summed E-state index contributed by atoms with van der Waals surface area (Å²) in [4.78, 5) is 35.9. The van der Waals surface area contributed by atoms with Gasteiger partial charge in [0, 0.05) is 24.9 Å². The van der Waals surface area contributed by atoms with Gasteiger partial charge in [-0.25, -0.2) is 9.37 Å². The number of aliphatic hydroxyl groups is 1. The standard InChI is InChI=1S/C26H24ClFN4O3/c27-19-4-1-5-20(28)25(19)21-11-16(24-22(31-21)13-30-26(24)35)10-17-7-6-15(12-29-17)9-23(34)32-8-2-3-18(32)14-33/h1,4-7,11-12,18,33H,2-3,8-10,13-14H2,(H,30,35)/t18-/m0/s1. The molecule has 0 saturated carbocycles. The van der Waals surface area contributed by atoms with Crippen molar-refractivity contribution in [3.05, 3.63) is 81.5 Å².